The van der Waals surface area contributed by atoms with Crippen molar-refractivity contribution in [1.82, 2.24) is 24.5 Å². The van der Waals surface area contributed by atoms with E-state index in [1.165, 1.54) is 15.4 Å². The highest BCUT2D eigenvalue weighted by Gasteiger charge is 2.54. The number of alkyl halides is 2. The number of nitrogens with one attached hydrogen (secondary N) is 2. The van der Waals surface area contributed by atoms with Crippen molar-refractivity contribution >= 4 is 44.7 Å². The Hall–Kier alpha value is -4.56. The minimum atomic E-state index is -2.58. The van der Waals surface area contributed by atoms with Gasteiger partial charge in [-0.15, -0.1) is 5.10 Å². The predicted octanol–water partition coefficient (Wildman–Crippen LogP) is 6.62. The SMILES string of the molecule is Cn1ccc2c([C@H](Nc3cc(Cl)c4ncc(C#N)c(NCC(C)(C)C)c4c3)c3cn(C4(C(F)F)CC4)nn3)cccc2c1=O. The molecule has 12 heteroatoms. The number of benzene rings is 2. The molecule has 1 aliphatic rings. The van der Waals surface area contributed by atoms with Crippen molar-refractivity contribution in [3.63, 3.8) is 0 Å². The van der Waals surface area contributed by atoms with E-state index in [0.717, 1.165) is 0 Å². The summed E-state index contributed by atoms with van der Waals surface area (Å²) in [6, 6.07) is 12.3. The van der Waals surface area contributed by atoms with Crippen LogP contribution < -0.4 is 16.2 Å². The quantitative estimate of drug-likeness (QED) is 0.201. The van der Waals surface area contributed by atoms with Crippen LogP contribution >= 0.6 is 11.6 Å². The topological polar surface area (TPSA) is 113 Å². The number of hydrogen-bond donors (Lipinski definition) is 2. The molecule has 2 aromatic carbocycles. The summed E-state index contributed by atoms with van der Waals surface area (Å²) in [5.41, 5.74) is 1.61. The first-order valence-corrected chi connectivity index (χ1v) is 14.6. The van der Waals surface area contributed by atoms with E-state index in [1.54, 1.807) is 37.6 Å². The molecular formula is C32H31ClF2N8O. The number of pyridine rings is 2. The van der Waals surface area contributed by atoms with Gasteiger partial charge in [0.2, 0.25) is 0 Å². The summed E-state index contributed by atoms with van der Waals surface area (Å²) in [4.78, 5) is 17.5. The maximum Gasteiger partial charge on any atom is 0.263 e. The summed E-state index contributed by atoms with van der Waals surface area (Å²) in [6.07, 6.45) is 2.78. The minimum absolute atomic E-state index is 0.0680. The molecule has 226 valence electrons. The average Bonchev–Trinajstić information content (AvgIpc) is 3.66. The lowest BCUT2D eigenvalue weighted by Gasteiger charge is -2.23. The zero-order valence-electron chi connectivity index (χ0n) is 24.7. The molecule has 44 heavy (non-hydrogen) atoms. The molecule has 5 aromatic rings. The van der Waals surface area contributed by atoms with Crippen LogP contribution in [0.5, 0.6) is 0 Å². The lowest BCUT2D eigenvalue weighted by molar-refractivity contribution is 0.0593. The molecule has 0 bridgehead atoms. The number of rotatable bonds is 8. The Bertz CT molecular complexity index is 2000. The van der Waals surface area contributed by atoms with Gasteiger partial charge in [0, 0.05) is 42.4 Å². The third kappa shape index (κ3) is 5.24. The normalized spacial score (nSPS) is 15.0. The zero-order valence-corrected chi connectivity index (χ0v) is 25.5. The Balaban J connectivity index is 1.51. The van der Waals surface area contributed by atoms with Gasteiger partial charge in [-0.25, -0.2) is 13.5 Å². The third-order valence-electron chi connectivity index (χ3n) is 8.05. The molecular weight excluding hydrogens is 586 g/mol. The van der Waals surface area contributed by atoms with E-state index >= 15 is 0 Å². The summed E-state index contributed by atoms with van der Waals surface area (Å²) in [7, 11) is 1.68. The highest BCUT2D eigenvalue weighted by Crippen LogP contribution is 2.48. The van der Waals surface area contributed by atoms with E-state index in [9.17, 15) is 18.8 Å². The molecule has 0 aliphatic heterocycles. The largest absolute Gasteiger partial charge is 0.383 e. The molecule has 1 fully saturated rings. The second-order valence-corrected chi connectivity index (χ2v) is 12.9. The van der Waals surface area contributed by atoms with Crippen LogP contribution in [0, 0.1) is 16.7 Å². The summed E-state index contributed by atoms with van der Waals surface area (Å²) in [6.45, 7) is 6.86. The van der Waals surface area contributed by atoms with E-state index in [4.69, 9.17) is 11.6 Å². The number of nitrogens with zero attached hydrogens (tertiary/aromatic N) is 6. The number of anilines is 2. The Morgan fingerprint density at radius 1 is 1.16 bits per heavy atom. The van der Waals surface area contributed by atoms with Crippen LogP contribution in [-0.4, -0.2) is 37.5 Å². The van der Waals surface area contributed by atoms with Gasteiger partial charge >= 0.3 is 0 Å². The van der Waals surface area contributed by atoms with Gasteiger partial charge in [-0.2, -0.15) is 5.26 Å². The van der Waals surface area contributed by atoms with Crippen molar-refractivity contribution in [2.24, 2.45) is 12.5 Å². The molecule has 0 radical (unpaired) electrons. The lowest BCUT2D eigenvalue weighted by Crippen LogP contribution is -2.26. The van der Waals surface area contributed by atoms with Gasteiger partial charge in [-0.1, -0.05) is 49.7 Å². The van der Waals surface area contributed by atoms with Gasteiger partial charge in [-0.3, -0.25) is 9.78 Å². The van der Waals surface area contributed by atoms with Crippen molar-refractivity contribution in [2.75, 3.05) is 17.2 Å². The van der Waals surface area contributed by atoms with Crippen LogP contribution in [0.2, 0.25) is 5.02 Å². The van der Waals surface area contributed by atoms with E-state index < -0.39 is 18.0 Å². The Morgan fingerprint density at radius 2 is 1.93 bits per heavy atom. The first kappa shape index (κ1) is 29.5. The minimum Gasteiger partial charge on any atom is -0.383 e. The van der Waals surface area contributed by atoms with E-state index in [0.29, 0.717) is 74.3 Å². The van der Waals surface area contributed by atoms with Gasteiger partial charge in [0.1, 0.15) is 17.3 Å². The number of nitriles is 1. The van der Waals surface area contributed by atoms with Crippen LogP contribution in [0.3, 0.4) is 0 Å². The standard InChI is InChI=1S/C32H31ClF2N8O/c1-31(2,3)17-38-26-18(14-36)15-37-27-23(26)12-19(13-24(27)33)39-28(25-16-43(41-40-25)32(9-10-32)30(34)35)21-6-5-7-22-20(21)8-11-42(4)29(22)44/h5-8,11-13,15-16,28,30,39H,9-10,17H2,1-4H3,(H,37,38)/t28-/m0/s1. The molecule has 0 amide bonds. The van der Waals surface area contributed by atoms with Crippen LogP contribution in [0.25, 0.3) is 21.7 Å². The molecule has 1 atom stereocenters. The Kier molecular flexibility index (Phi) is 7.28. The van der Waals surface area contributed by atoms with Crippen molar-refractivity contribution in [1.29, 1.82) is 5.26 Å². The molecule has 1 aliphatic carbocycles. The van der Waals surface area contributed by atoms with Crippen molar-refractivity contribution in [2.45, 2.75) is 51.6 Å². The fourth-order valence-corrected chi connectivity index (χ4v) is 5.67. The molecule has 2 N–H and O–H groups in total. The van der Waals surface area contributed by atoms with Gasteiger partial charge < -0.3 is 15.2 Å². The highest BCUT2D eigenvalue weighted by molar-refractivity contribution is 6.35. The number of hydrogen-bond acceptors (Lipinski definition) is 7. The lowest BCUT2D eigenvalue weighted by atomic mass is 9.96. The molecule has 0 unspecified atom stereocenters. The molecule has 6 rings (SSSR count). The second kappa shape index (κ2) is 10.9. The van der Waals surface area contributed by atoms with Crippen LogP contribution in [0.1, 0.15) is 56.5 Å². The third-order valence-corrected chi connectivity index (χ3v) is 8.34. The van der Waals surface area contributed by atoms with E-state index in [2.05, 4.69) is 52.8 Å². The van der Waals surface area contributed by atoms with Gasteiger partial charge in [0.15, 0.2) is 0 Å². The smallest absolute Gasteiger partial charge is 0.263 e. The predicted molar refractivity (Wildman–Crippen MR) is 167 cm³/mol. The van der Waals surface area contributed by atoms with Crippen LogP contribution in [0.15, 0.2) is 59.8 Å². The first-order valence-electron chi connectivity index (χ1n) is 14.2. The van der Waals surface area contributed by atoms with Crippen molar-refractivity contribution < 1.29 is 8.78 Å². The summed E-state index contributed by atoms with van der Waals surface area (Å²) in [5, 5.41) is 27.4. The monoisotopic (exact) mass is 616 g/mol. The molecule has 9 nitrogen and oxygen atoms in total. The number of aryl methyl sites for hydroxylation is 1. The van der Waals surface area contributed by atoms with Crippen molar-refractivity contribution in [3.8, 4) is 6.07 Å². The Morgan fingerprint density at radius 3 is 2.61 bits per heavy atom. The highest BCUT2D eigenvalue weighted by atomic mass is 35.5. The van der Waals surface area contributed by atoms with Crippen LogP contribution in [-0.2, 0) is 12.6 Å². The molecule has 3 heterocycles. The maximum absolute atomic E-state index is 14.0. The van der Waals surface area contributed by atoms with Crippen molar-refractivity contribution in [3.05, 3.63) is 87.2 Å². The molecule has 1 saturated carbocycles. The fourth-order valence-electron chi connectivity index (χ4n) is 5.40. The van der Waals surface area contributed by atoms with E-state index in [-0.39, 0.29) is 11.0 Å². The van der Waals surface area contributed by atoms with Crippen LogP contribution in [0.4, 0.5) is 20.2 Å². The number of halogens is 3. The molecule has 0 saturated heterocycles. The van der Waals surface area contributed by atoms with Gasteiger partial charge in [0.05, 0.1) is 34.0 Å². The summed E-state index contributed by atoms with van der Waals surface area (Å²) >= 11 is 6.76. The number of fused-ring (bicyclic) bond motifs is 2. The Labute approximate surface area is 257 Å². The van der Waals surface area contributed by atoms with Gasteiger partial charge in [0.25, 0.3) is 12.0 Å². The summed E-state index contributed by atoms with van der Waals surface area (Å²) in [5.74, 6) is 0. The van der Waals surface area contributed by atoms with E-state index in [1.807, 2.05) is 18.2 Å². The zero-order chi connectivity index (χ0) is 31.4. The number of aromatic nitrogens is 5. The van der Waals surface area contributed by atoms with Gasteiger partial charge in [-0.05, 0) is 53.5 Å². The average molecular weight is 617 g/mol. The maximum atomic E-state index is 14.0. The first-order chi connectivity index (χ1) is 20.9. The summed E-state index contributed by atoms with van der Waals surface area (Å²) < 4.78 is 30.7. The second-order valence-electron chi connectivity index (χ2n) is 12.5. The fraction of sp³-hybridized carbons (Fsp3) is 0.344. The molecule has 0 spiro atoms. The molecule has 3 aromatic heterocycles.